The van der Waals surface area contributed by atoms with Gasteiger partial charge in [-0.2, -0.15) is 0 Å². The highest BCUT2D eigenvalue weighted by atomic mass is 35.5. The Morgan fingerprint density at radius 3 is 2.76 bits per heavy atom. The third-order valence-corrected chi connectivity index (χ3v) is 3.88. The van der Waals surface area contributed by atoms with Gasteiger partial charge in [0.05, 0.1) is 17.5 Å². The monoisotopic (exact) mass is 333 g/mol. The molecule has 0 aromatic carbocycles. The lowest BCUT2D eigenvalue weighted by molar-refractivity contribution is -0.121. The summed E-state index contributed by atoms with van der Waals surface area (Å²) in [6.07, 6.45) is 0. The van der Waals surface area contributed by atoms with E-state index in [0.717, 1.165) is 9.21 Å². The Kier molecular flexibility index (Phi) is 8.29. The molecule has 21 heavy (non-hydrogen) atoms. The summed E-state index contributed by atoms with van der Waals surface area (Å²) in [5.41, 5.74) is 0. The number of likely N-dealkylation sites (N-methyl/N-ethyl adjacent to an activating group) is 1. The van der Waals surface area contributed by atoms with Crippen molar-refractivity contribution in [3.8, 4) is 0 Å². The van der Waals surface area contributed by atoms with Crippen LogP contribution in [0.2, 0.25) is 4.34 Å². The number of nitrogens with one attached hydrogen (secondary N) is 2. The summed E-state index contributed by atoms with van der Waals surface area (Å²) >= 11 is 7.36. The summed E-state index contributed by atoms with van der Waals surface area (Å²) in [5.74, 6) is -0.339. The molecule has 1 aromatic heterocycles. The number of imide groups is 1. The molecule has 0 radical (unpaired) electrons. The molecule has 0 spiro atoms. The van der Waals surface area contributed by atoms with Gasteiger partial charge in [-0.3, -0.25) is 15.0 Å². The van der Waals surface area contributed by atoms with E-state index < -0.39 is 6.03 Å². The fourth-order valence-corrected chi connectivity index (χ4v) is 2.75. The zero-order chi connectivity index (χ0) is 15.7. The maximum atomic E-state index is 11.8. The van der Waals surface area contributed by atoms with Crippen molar-refractivity contribution in [2.45, 2.75) is 13.5 Å². The third kappa shape index (κ3) is 7.42. The molecule has 6 nitrogen and oxygen atoms in total. The van der Waals surface area contributed by atoms with Crippen LogP contribution in [0.1, 0.15) is 11.8 Å². The highest BCUT2D eigenvalue weighted by Crippen LogP contribution is 2.22. The Bertz CT molecular complexity index is 467. The number of thiophene rings is 1. The Hall–Kier alpha value is -1.15. The minimum absolute atomic E-state index is 0.156. The number of carbonyl (C=O) groups excluding carboxylic acids is 2. The summed E-state index contributed by atoms with van der Waals surface area (Å²) in [7, 11) is 1.54. The molecular formula is C13H20ClN3O3S. The number of hydrogen-bond donors (Lipinski definition) is 2. The average Bonchev–Trinajstić information content (AvgIpc) is 2.83. The molecule has 118 valence electrons. The predicted octanol–water partition coefficient (Wildman–Crippen LogP) is 1.70. The van der Waals surface area contributed by atoms with Crippen molar-refractivity contribution < 1.29 is 14.3 Å². The molecule has 2 N–H and O–H groups in total. The van der Waals surface area contributed by atoms with E-state index in [-0.39, 0.29) is 12.5 Å². The van der Waals surface area contributed by atoms with Gasteiger partial charge in [-0.25, -0.2) is 4.79 Å². The molecule has 3 amide bonds. The van der Waals surface area contributed by atoms with Gasteiger partial charge >= 0.3 is 6.03 Å². The standard InChI is InChI=1S/C13H20ClN3O3S/c1-3-17(8-10-4-5-11(14)21-10)9-12(18)16-13(19)15-6-7-20-2/h4-5H,3,6-9H2,1-2H3,(H2,15,16,18,19). The zero-order valence-electron chi connectivity index (χ0n) is 12.1. The Balaban J connectivity index is 2.35. The second-order valence-electron chi connectivity index (χ2n) is 4.31. The van der Waals surface area contributed by atoms with Gasteiger partial charge in [0.25, 0.3) is 0 Å². The number of ether oxygens (including phenoxy) is 1. The maximum absolute atomic E-state index is 11.8. The topological polar surface area (TPSA) is 70.7 Å². The number of amides is 3. The largest absolute Gasteiger partial charge is 0.383 e. The lowest BCUT2D eigenvalue weighted by atomic mass is 10.4. The van der Waals surface area contributed by atoms with Crippen LogP contribution in [0, 0.1) is 0 Å². The first-order chi connectivity index (χ1) is 10.0. The minimum atomic E-state index is -0.507. The second-order valence-corrected chi connectivity index (χ2v) is 6.11. The molecule has 1 heterocycles. The molecule has 0 aliphatic rings. The number of rotatable bonds is 8. The molecule has 0 aliphatic heterocycles. The van der Waals surface area contributed by atoms with Crippen LogP contribution in [0.25, 0.3) is 0 Å². The van der Waals surface area contributed by atoms with Crippen LogP contribution >= 0.6 is 22.9 Å². The van der Waals surface area contributed by atoms with E-state index in [1.165, 1.54) is 11.3 Å². The van der Waals surface area contributed by atoms with E-state index in [2.05, 4.69) is 10.6 Å². The molecular weight excluding hydrogens is 314 g/mol. The van der Waals surface area contributed by atoms with Crippen LogP contribution in [0.4, 0.5) is 4.79 Å². The number of urea groups is 1. The predicted molar refractivity (Wildman–Crippen MR) is 83.7 cm³/mol. The molecule has 1 rings (SSSR count). The molecule has 0 saturated carbocycles. The molecule has 0 saturated heterocycles. The molecule has 0 fully saturated rings. The number of halogens is 1. The maximum Gasteiger partial charge on any atom is 0.321 e. The lowest BCUT2D eigenvalue weighted by Crippen LogP contribution is -2.45. The number of methoxy groups -OCH3 is 1. The van der Waals surface area contributed by atoms with E-state index in [1.54, 1.807) is 7.11 Å². The first kappa shape index (κ1) is 17.9. The fraction of sp³-hybridized carbons (Fsp3) is 0.538. The van der Waals surface area contributed by atoms with Crippen LogP contribution in [-0.4, -0.2) is 50.2 Å². The van der Waals surface area contributed by atoms with Crippen molar-refractivity contribution in [2.24, 2.45) is 0 Å². The Morgan fingerprint density at radius 1 is 1.43 bits per heavy atom. The molecule has 0 atom stereocenters. The van der Waals surface area contributed by atoms with Crippen LogP contribution < -0.4 is 10.6 Å². The van der Waals surface area contributed by atoms with Crippen LogP contribution in [0.3, 0.4) is 0 Å². The van der Waals surface area contributed by atoms with E-state index in [0.29, 0.717) is 26.2 Å². The number of hydrogen-bond acceptors (Lipinski definition) is 5. The van der Waals surface area contributed by atoms with Gasteiger partial charge in [0.15, 0.2) is 0 Å². The quantitative estimate of drug-likeness (QED) is 0.710. The summed E-state index contributed by atoms with van der Waals surface area (Å²) < 4.78 is 5.53. The molecule has 0 bridgehead atoms. The van der Waals surface area contributed by atoms with E-state index in [1.807, 2.05) is 24.0 Å². The van der Waals surface area contributed by atoms with Gasteiger partial charge in [-0.15, -0.1) is 11.3 Å². The average molecular weight is 334 g/mol. The van der Waals surface area contributed by atoms with Gasteiger partial charge in [-0.1, -0.05) is 18.5 Å². The number of nitrogens with zero attached hydrogens (tertiary/aromatic N) is 1. The first-order valence-corrected chi connectivity index (χ1v) is 7.77. The smallest absolute Gasteiger partial charge is 0.321 e. The highest BCUT2D eigenvalue weighted by Gasteiger charge is 2.13. The molecule has 1 aromatic rings. The van der Waals surface area contributed by atoms with Gasteiger partial charge in [0.1, 0.15) is 0 Å². The molecule has 8 heteroatoms. The fourth-order valence-electron chi connectivity index (χ4n) is 1.62. The first-order valence-electron chi connectivity index (χ1n) is 6.58. The van der Waals surface area contributed by atoms with Crippen molar-refractivity contribution in [3.63, 3.8) is 0 Å². The van der Waals surface area contributed by atoms with Gasteiger partial charge < -0.3 is 10.1 Å². The van der Waals surface area contributed by atoms with Gasteiger partial charge in [0, 0.05) is 25.1 Å². The minimum Gasteiger partial charge on any atom is -0.383 e. The van der Waals surface area contributed by atoms with Crippen LogP contribution in [0.15, 0.2) is 12.1 Å². The summed E-state index contributed by atoms with van der Waals surface area (Å²) in [5, 5.41) is 4.81. The van der Waals surface area contributed by atoms with Gasteiger partial charge in [0.2, 0.25) is 5.91 Å². The van der Waals surface area contributed by atoms with Crippen molar-refractivity contribution in [1.82, 2.24) is 15.5 Å². The Morgan fingerprint density at radius 2 is 2.19 bits per heavy atom. The molecule has 0 unspecified atom stereocenters. The summed E-state index contributed by atoms with van der Waals surface area (Å²) in [4.78, 5) is 26.2. The molecule has 0 aliphatic carbocycles. The van der Waals surface area contributed by atoms with Crippen molar-refractivity contribution >= 4 is 34.9 Å². The second kappa shape index (κ2) is 9.73. The number of carbonyl (C=O) groups is 2. The highest BCUT2D eigenvalue weighted by molar-refractivity contribution is 7.16. The lowest BCUT2D eigenvalue weighted by Gasteiger charge is -2.18. The Labute approximate surface area is 133 Å². The van der Waals surface area contributed by atoms with Crippen molar-refractivity contribution in [1.29, 1.82) is 0 Å². The van der Waals surface area contributed by atoms with E-state index in [4.69, 9.17) is 16.3 Å². The van der Waals surface area contributed by atoms with Crippen molar-refractivity contribution in [3.05, 3.63) is 21.3 Å². The van der Waals surface area contributed by atoms with Crippen molar-refractivity contribution in [2.75, 3.05) is 33.4 Å². The van der Waals surface area contributed by atoms with E-state index >= 15 is 0 Å². The van der Waals surface area contributed by atoms with E-state index in [9.17, 15) is 9.59 Å². The SMILES string of the molecule is CCN(CC(=O)NC(=O)NCCOC)Cc1ccc(Cl)s1. The van der Waals surface area contributed by atoms with Crippen LogP contribution in [0.5, 0.6) is 0 Å². The summed E-state index contributed by atoms with van der Waals surface area (Å²) in [6, 6.07) is 3.26. The third-order valence-electron chi connectivity index (χ3n) is 2.67. The van der Waals surface area contributed by atoms with Crippen LogP contribution in [-0.2, 0) is 16.1 Å². The summed E-state index contributed by atoms with van der Waals surface area (Å²) in [6.45, 7) is 4.22. The normalized spacial score (nSPS) is 10.7. The van der Waals surface area contributed by atoms with Gasteiger partial charge in [-0.05, 0) is 18.7 Å². The zero-order valence-corrected chi connectivity index (χ0v) is 13.7.